The van der Waals surface area contributed by atoms with Gasteiger partial charge in [0, 0.05) is 10.9 Å². The van der Waals surface area contributed by atoms with Crippen molar-refractivity contribution >= 4 is 27.4 Å². The molecule has 3 rings (SSSR count). The number of hydrogen-bond acceptors (Lipinski definition) is 3. The molecule has 2 aromatic rings. The van der Waals surface area contributed by atoms with Crippen LogP contribution in [0.15, 0.2) is 53.4 Å². The van der Waals surface area contributed by atoms with E-state index in [-0.39, 0.29) is 4.90 Å². The Morgan fingerprint density at radius 2 is 1.61 bits per heavy atom. The van der Waals surface area contributed by atoms with Crippen LogP contribution in [0.5, 0.6) is 0 Å². The second kappa shape index (κ2) is 5.65. The van der Waals surface area contributed by atoms with Gasteiger partial charge in [0.25, 0.3) is 0 Å². The molecule has 0 amide bonds. The Kier molecular flexibility index (Phi) is 3.94. The molecule has 4 nitrogen and oxygen atoms in total. The Morgan fingerprint density at radius 1 is 1.04 bits per heavy atom. The molecule has 0 bridgehead atoms. The summed E-state index contributed by atoms with van der Waals surface area (Å²) in [5, 5.41) is 8.96. The largest absolute Gasteiger partial charge is 0.481 e. The Hall–Kier alpha value is -1.85. The zero-order chi connectivity index (χ0) is 16.8. The van der Waals surface area contributed by atoms with Crippen molar-refractivity contribution in [1.82, 2.24) is 0 Å². The van der Waals surface area contributed by atoms with Crippen LogP contribution in [-0.2, 0) is 14.6 Å². The van der Waals surface area contributed by atoms with Crippen LogP contribution in [0.25, 0.3) is 0 Å². The van der Waals surface area contributed by atoms with Crippen molar-refractivity contribution in [2.75, 3.05) is 0 Å². The van der Waals surface area contributed by atoms with Gasteiger partial charge in [0.2, 0.25) is 0 Å². The van der Waals surface area contributed by atoms with Gasteiger partial charge in [0.05, 0.1) is 16.1 Å². The number of sulfone groups is 1. The minimum Gasteiger partial charge on any atom is -0.481 e. The normalized spacial score (nSPS) is 23.5. The molecule has 0 heterocycles. The van der Waals surface area contributed by atoms with Crippen LogP contribution in [0.1, 0.15) is 17.0 Å². The van der Waals surface area contributed by atoms with Gasteiger partial charge >= 0.3 is 5.97 Å². The quantitative estimate of drug-likeness (QED) is 0.918. The van der Waals surface area contributed by atoms with Crippen LogP contribution in [0.4, 0.5) is 0 Å². The minimum atomic E-state index is -3.70. The van der Waals surface area contributed by atoms with E-state index in [2.05, 4.69) is 0 Å². The Morgan fingerprint density at radius 3 is 2.13 bits per heavy atom. The van der Waals surface area contributed by atoms with E-state index in [1.54, 1.807) is 36.4 Å². The molecule has 3 atom stereocenters. The fraction of sp³-hybridized carbons (Fsp3) is 0.235. The zero-order valence-electron chi connectivity index (χ0n) is 12.3. The molecule has 1 fully saturated rings. The van der Waals surface area contributed by atoms with Gasteiger partial charge in [-0.1, -0.05) is 41.4 Å². The van der Waals surface area contributed by atoms with Gasteiger partial charge in [-0.05, 0) is 36.8 Å². The molecule has 6 heteroatoms. The molecule has 1 aliphatic rings. The average Bonchev–Trinajstić information content (AvgIpc) is 3.25. The van der Waals surface area contributed by atoms with Crippen LogP contribution >= 0.6 is 11.6 Å². The summed E-state index contributed by atoms with van der Waals surface area (Å²) in [4.78, 5) is 11.6. The number of benzene rings is 2. The number of rotatable bonds is 4. The maximum Gasteiger partial charge on any atom is 0.308 e. The highest BCUT2D eigenvalue weighted by atomic mass is 35.5. The lowest BCUT2D eigenvalue weighted by Gasteiger charge is -2.05. The fourth-order valence-electron chi connectivity index (χ4n) is 2.93. The summed E-state index contributed by atoms with van der Waals surface area (Å²) in [7, 11) is -3.70. The molecule has 1 N–H and O–H groups in total. The third kappa shape index (κ3) is 2.86. The number of carbonyl (C=O) groups is 1. The number of halogens is 1. The predicted octanol–water partition coefficient (Wildman–Crippen LogP) is 3.29. The Balaban J connectivity index is 1.98. The number of aryl methyl sites for hydroxylation is 1. The second-order valence-corrected chi connectivity index (χ2v) is 8.31. The predicted molar refractivity (Wildman–Crippen MR) is 87.5 cm³/mol. The number of carboxylic acids is 1. The van der Waals surface area contributed by atoms with E-state index in [1.807, 2.05) is 6.92 Å². The van der Waals surface area contributed by atoms with Crippen molar-refractivity contribution in [2.24, 2.45) is 5.92 Å². The Bertz CT molecular complexity index is 841. The number of carboxylic acid groups (broad SMARTS) is 1. The summed E-state index contributed by atoms with van der Waals surface area (Å²) >= 11 is 5.84. The van der Waals surface area contributed by atoms with E-state index in [0.717, 1.165) is 5.56 Å². The van der Waals surface area contributed by atoms with Gasteiger partial charge in [0.15, 0.2) is 9.84 Å². The second-order valence-electron chi connectivity index (χ2n) is 5.76. The molecule has 0 aliphatic heterocycles. The third-order valence-corrected chi connectivity index (χ3v) is 6.69. The summed E-state index contributed by atoms with van der Waals surface area (Å²) < 4.78 is 25.6. The molecule has 0 spiro atoms. The topological polar surface area (TPSA) is 71.4 Å². The third-order valence-electron chi connectivity index (χ3n) is 4.20. The molecular formula is C17H15ClO4S. The molecule has 23 heavy (non-hydrogen) atoms. The van der Waals surface area contributed by atoms with Crippen molar-refractivity contribution in [3.05, 3.63) is 64.7 Å². The summed E-state index contributed by atoms with van der Waals surface area (Å²) in [6, 6.07) is 13.1. The molecular weight excluding hydrogens is 336 g/mol. The highest BCUT2D eigenvalue weighted by Gasteiger charge is 2.63. The number of hydrogen-bond donors (Lipinski definition) is 1. The van der Waals surface area contributed by atoms with E-state index in [0.29, 0.717) is 10.6 Å². The summed E-state index contributed by atoms with van der Waals surface area (Å²) in [6.07, 6.45) is 0. The van der Waals surface area contributed by atoms with Crippen molar-refractivity contribution in [3.8, 4) is 0 Å². The standard InChI is InChI=1S/C17H15ClO4S/c1-10-2-8-13(9-3-10)23(21,22)16-14(15(16)17(19)20)11-4-6-12(18)7-5-11/h2-9,14-16H,1H3,(H,19,20)/t14-,15+,16-/m0/s1. The first-order chi connectivity index (χ1) is 10.8. The van der Waals surface area contributed by atoms with E-state index in [1.165, 1.54) is 12.1 Å². The lowest BCUT2D eigenvalue weighted by molar-refractivity contribution is -0.138. The molecule has 0 aromatic heterocycles. The highest BCUT2D eigenvalue weighted by Crippen LogP contribution is 2.54. The first-order valence-corrected chi connectivity index (χ1v) is 9.03. The van der Waals surface area contributed by atoms with Crippen LogP contribution in [-0.4, -0.2) is 24.7 Å². The minimum absolute atomic E-state index is 0.163. The maximum absolute atomic E-state index is 12.8. The Labute approximate surface area is 139 Å². The fourth-order valence-corrected chi connectivity index (χ4v) is 5.18. The first-order valence-electron chi connectivity index (χ1n) is 7.11. The molecule has 0 saturated heterocycles. The van der Waals surface area contributed by atoms with E-state index < -0.39 is 32.9 Å². The summed E-state index contributed by atoms with van der Waals surface area (Å²) in [5.74, 6) is -2.57. The summed E-state index contributed by atoms with van der Waals surface area (Å²) in [5.41, 5.74) is 1.63. The first kappa shape index (κ1) is 16.0. The van der Waals surface area contributed by atoms with Crippen molar-refractivity contribution in [3.63, 3.8) is 0 Å². The molecule has 0 unspecified atom stereocenters. The maximum atomic E-state index is 12.8. The smallest absolute Gasteiger partial charge is 0.308 e. The van der Waals surface area contributed by atoms with Crippen LogP contribution in [0.2, 0.25) is 5.02 Å². The molecule has 1 saturated carbocycles. The van der Waals surface area contributed by atoms with Crippen molar-refractivity contribution in [2.45, 2.75) is 23.0 Å². The van der Waals surface area contributed by atoms with Gasteiger partial charge in [-0.25, -0.2) is 8.42 Å². The van der Waals surface area contributed by atoms with Gasteiger partial charge < -0.3 is 5.11 Å². The monoisotopic (exact) mass is 350 g/mol. The van der Waals surface area contributed by atoms with E-state index in [4.69, 9.17) is 11.6 Å². The SMILES string of the molecule is Cc1ccc(S(=O)(=O)[C@@H]2[C@H](C(=O)O)[C@@H]2c2ccc(Cl)cc2)cc1. The van der Waals surface area contributed by atoms with Crippen LogP contribution in [0.3, 0.4) is 0 Å². The van der Waals surface area contributed by atoms with Gasteiger partial charge in [0.1, 0.15) is 0 Å². The van der Waals surface area contributed by atoms with Crippen LogP contribution in [0, 0.1) is 12.8 Å². The van der Waals surface area contributed by atoms with E-state index in [9.17, 15) is 18.3 Å². The van der Waals surface area contributed by atoms with Crippen LogP contribution < -0.4 is 0 Å². The lowest BCUT2D eigenvalue weighted by atomic mass is 10.1. The molecule has 0 radical (unpaired) electrons. The lowest BCUT2D eigenvalue weighted by Crippen LogP contribution is -2.13. The average molecular weight is 351 g/mol. The van der Waals surface area contributed by atoms with Crippen molar-refractivity contribution in [1.29, 1.82) is 0 Å². The molecule has 2 aromatic carbocycles. The van der Waals surface area contributed by atoms with Crippen molar-refractivity contribution < 1.29 is 18.3 Å². The van der Waals surface area contributed by atoms with Gasteiger partial charge in [-0.3, -0.25) is 4.79 Å². The van der Waals surface area contributed by atoms with Gasteiger partial charge in [-0.2, -0.15) is 0 Å². The zero-order valence-corrected chi connectivity index (χ0v) is 13.9. The summed E-state index contributed by atoms with van der Waals surface area (Å²) in [6.45, 7) is 1.87. The van der Waals surface area contributed by atoms with Gasteiger partial charge in [-0.15, -0.1) is 0 Å². The van der Waals surface area contributed by atoms with E-state index >= 15 is 0 Å². The number of aliphatic carboxylic acids is 1. The molecule has 120 valence electrons. The molecule has 1 aliphatic carbocycles. The highest BCUT2D eigenvalue weighted by molar-refractivity contribution is 7.92.